The van der Waals surface area contributed by atoms with Crippen LogP contribution in [0.2, 0.25) is 0 Å². The largest absolute Gasteiger partial charge is 0.368 e. The van der Waals surface area contributed by atoms with Gasteiger partial charge < -0.3 is 16.5 Å². The maximum Gasteiger partial charge on any atom is 0.251 e. The number of aromatic nitrogens is 1. The van der Waals surface area contributed by atoms with Gasteiger partial charge in [0.1, 0.15) is 0 Å². The van der Waals surface area contributed by atoms with Gasteiger partial charge in [-0.2, -0.15) is 0 Å². The van der Waals surface area contributed by atoms with Gasteiger partial charge in [-0.05, 0) is 30.5 Å². The van der Waals surface area contributed by atoms with E-state index in [9.17, 15) is 9.59 Å². The van der Waals surface area contributed by atoms with Crippen molar-refractivity contribution in [2.45, 2.75) is 19.4 Å². The molecule has 5 nitrogen and oxygen atoms in total. The minimum absolute atomic E-state index is 0.147. The molecule has 0 saturated carbocycles. The summed E-state index contributed by atoms with van der Waals surface area (Å²) in [6, 6.07) is 6.65. The summed E-state index contributed by atoms with van der Waals surface area (Å²) < 4.78 is 0. The number of aryl methyl sites for hydroxylation is 1. The van der Waals surface area contributed by atoms with Gasteiger partial charge in [0.05, 0.1) is 6.04 Å². The Morgan fingerprint density at radius 1 is 1.39 bits per heavy atom. The predicted octanol–water partition coefficient (Wildman–Crippen LogP) is 0.192. The number of aromatic amines is 1. The summed E-state index contributed by atoms with van der Waals surface area (Å²) in [6.07, 6.45) is 0.147. The maximum atomic E-state index is 11.8. The minimum Gasteiger partial charge on any atom is -0.368 e. The average Bonchev–Trinajstić information content (AvgIpc) is 2.30. The number of nitrogens with two attached hydrogens (primary N) is 2. The van der Waals surface area contributed by atoms with Crippen molar-refractivity contribution in [3.63, 3.8) is 0 Å². The standard InChI is InChI=1S/C13H15N3O2/c1-7-2-3-11-8(4-7)5-9(13(18)16-11)6-10(14)12(15)17/h2-5,10H,6,14H2,1H3,(H2,15,17)(H,16,18). The summed E-state index contributed by atoms with van der Waals surface area (Å²) in [5.74, 6) is -0.612. The fraction of sp³-hybridized carbons (Fsp3) is 0.231. The molecule has 0 spiro atoms. The smallest absolute Gasteiger partial charge is 0.251 e. The van der Waals surface area contributed by atoms with Crippen LogP contribution < -0.4 is 17.0 Å². The van der Waals surface area contributed by atoms with Crippen LogP contribution in [0.25, 0.3) is 10.9 Å². The number of nitrogens with one attached hydrogen (secondary N) is 1. The van der Waals surface area contributed by atoms with Gasteiger partial charge in [0.15, 0.2) is 0 Å². The molecule has 1 amide bonds. The first-order valence-corrected chi connectivity index (χ1v) is 5.65. The number of benzene rings is 1. The Morgan fingerprint density at radius 2 is 2.11 bits per heavy atom. The highest BCUT2D eigenvalue weighted by atomic mass is 16.1. The van der Waals surface area contributed by atoms with Crippen LogP contribution in [0.5, 0.6) is 0 Å². The molecule has 1 heterocycles. The molecule has 0 bridgehead atoms. The number of hydrogen-bond acceptors (Lipinski definition) is 3. The third kappa shape index (κ3) is 2.41. The highest BCUT2D eigenvalue weighted by Crippen LogP contribution is 2.13. The lowest BCUT2D eigenvalue weighted by Crippen LogP contribution is -2.39. The molecular weight excluding hydrogens is 230 g/mol. The Bertz CT molecular complexity index is 661. The molecule has 2 rings (SSSR count). The van der Waals surface area contributed by atoms with Crippen LogP contribution in [0.1, 0.15) is 11.1 Å². The van der Waals surface area contributed by atoms with E-state index in [0.29, 0.717) is 5.56 Å². The van der Waals surface area contributed by atoms with Gasteiger partial charge >= 0.3 is 0 Å². The normalized spacial score (nSPS) is 12.6. The summed E-state index contributed by atoms with van der Waals surface area (Å²) in [5.41, 5.74) is 12.8. The van der Waals surface area contributed by atoms with Crippen molar-refractivity contribution in [2.24, 2.45) is 11.5 Å². The van der Waals surface area contributed by atoms with E-state index in [2.05, 4.69) is 4.98 Å². The number of fused-ring (bicyclic) bond motifs is 1. The van der Waals surface area contributed by atoms with Crippen molar-refractivity contribution >= 4 is 16.8 Å². The van der Waals surface area contributed by atoms with E-state index in [-0.39, 0.29) is 12.0 Å². The minimum atomic E-state index is -0.839. The molecule has 0 aliphatic carbocycles. The number of primary amides is 1. The Hall–Kier alpha value is -2.14. The van der Waals surface area contributed by atoms with Gasteiger partial charge in [-0.25, -0.2) is 0 Å². The molecule has 0 saturated heterocycles. The average molecular weight is 245 g/mol. The lowest BCUT2D eigenvalue weighted by molar-refractivity contribution is -0.119. The Morgan fingerprint density at radius 3 is 2.78 bits per heavy atom. The van der Waals surface area contributed by atoms with Gasteiger partial charge in [-0.1, -0.05) is 11.6 Å². The van der Waals surface area contributed by atoms with Gasteiger partial charge in [0.25, 0.3) is 5.56 Å². The van der Waals surface area contributed by atoms with Crippen LogP contribution >= 0.6 is 0 Å². The number of carbonyl (C=O) groups is 1. The van der Waals surface area contributed by atoms with Crippen LogP contribution in [0, 0.1) is 6.92 Å². The zero-order valence-corrected chi connectivity index (χ0v) is 10.1. The third-order valence-electron chi connectivity index (χ3n) is 2.88. The SMILES string of the molecule is Cc1ccc2[nH]c(=O)c(CC(N)C(N)=O)cc2c1. The molecule has 18 heavy (non-hydrogen) atoms. The third-order valence-corrected chi connectivity index (χ3v) is 2.88. The first-order valence-electron chi connectivity index (χ1n) is 5.65. The Labute approximate surface area is 104 Å². The van der Waals surface area contributed by atoms with E-state index in [1.807, 2.05) is 25.1 Å². The van der Waals surface area contributed by atoms with E-state index in [1.165, 1.54) is 0 Å². The van der Waals surface area contributed by atoms with Gasteiger partial charge in [-0.3, -0.25) is 9.59 Å². The summed E-state index contributed by atoms with van der Waals surface area (Å²) in [4.78, 5) is 25.5. The molecule has 1 aromatic carbocycles. The summed E-state index contributed by atoms with van der Waals surface area (Å²) >= 11 is 0. The summed E-state index contributed by atoms with van der Waals surface area (Å²) in [5, 5.41) is 0.918. The van der Waals surface area contributed by atoms with Crippen LogP contribution in [0.15, 0.2) is 29.1 Å². The molecule has 5 N–H and O–H groups in total. The van der Waals surface area contributed by atoms with Crippen LogP contribution in [0.3, 0.4) is 0 Å². The second kappa shape index (κ2) is 4.62. The molecule has 0 radical (unpaired) electrons. The number of H-pyrrole nitrogens is 1. The maximum absolute atomic E-state index is 11.8. The molecule has 1 aromatic heterocycles. The molecule has 5 heteroatoms. The molecule has 2 aromatic rings. The van der Waals surface area contributed by atoms with Crippen LogP contribution in [-0.4, -0.2) is 16.9 Å². The fourth-order valence-corrected chi connectivity index (χ4v) is 1.86. The second-order valence-corrected chi connectivity index (χ2v) is 4.43. The molecular formula is C13H15N3O2. The Kier molecular flexibility index (Phi) is 3.16. The van der Waals surface area contributed by atoms with Crippen molar-refractivity contribution in [1.82, 2.24) is 4.98 Å². The second-order valence-electron chi connectivity index (χ2n) is 4.43. The highest BCUT2D eigenvalue weighted by molar-refractivity contribution is 5.81. The van der Waals surface area contributed by atoms with Crippen molar-refractivity contribution in [3.05, 3.63) is 45.7 Å². The van der Waals surface area contributed by atoms with E-state index in [0.717, 1.165) is 16.5 Å². The number of hydrogen-bond donors (Lipinski definition) is 3. The lowest BCUT2D eigenvalue weighted by Gasteiger charge is -2.08. The monoisotopic (exact) mass is 245 g/mol. The van der Waals surface area contributed by atoms with Crippen molar-refractivity contribution in [2.75, 3.05) is 0 Å². The molecule has 1 unspecified atom stereocenters. The zero-order valence-electron chi connectivity index (χ0n) is 10.1. The molecule has 0 aliphatic heterocycles. The number of rotatable bonds is 3. The highest BCUT2D eigenvalue weighted by Gasteiger charge is 2.13. The quantitative estimate of drug-likeness (QED) is 0.719. The number of amides is 1. The van der Waals surface area contributed by atoms with Gasteiger partial charge in [0.2, 0.25) is 5.91 Å². The van der Waals surface area contributed by atoms with E-state index in [4.69, 9.17) is 11.5 Å². The first kappa shape index (κ1) is 12.3. The zero-order chi connectivity index (χ0) is 13.3. The molecule has 94 valence electrons. The van der Waals surface area contributed by atoms with Crippen LogP contribution in [0.4, 0.5) is 0 Å². The topological polar surface area (TPSA) is 102 Å². The van der Waals surface area contributed by atoms with E-state index < -0.39 is 11.9 Å². The fourth-order valence-electron chi connectivity index (χ4n) is 1.86. The molecule has 0 fully saturated rings. The lowest BCUT2D eigenvalue weighted by atomic mass is 10.0. The predicted molar refractivity (Wildman–Crippen MR) is 70.2 cm³/mol. The van der Waals surface area contributed by atoms with Crippen molar-refractivity contribution in [1.29, 1.82) is 0 Å². The summed E-state index contributed by atoms with van der Waals surface area (Å²) in [6.45, 7) is 1.97. The molecule has 1 atom stereocenters. The summed E-state index contributed by atoms with van der Waals surface area (Å²) in [7, 11) is 0. The number of pyridine rings is 1. The van der Waals surface area contributed by atoms with Gasteiger partial charge in [0, 0.05) is 17.5 Å². The first-order chi connectivity index (χ1) is 8.47. The number of carbonyl (C=O) groups excluding carboxylic acids is 1. The van der Waals surface area contributed by atoms with E-state index in [1.54, 1.807) is 6.07 Å². The molecule has 0 aliphatic rings. The van der Waals surface area contributed by atoms with Crippen molar-refractivity contribution < 1.29 is 4.79 Å². The van der Waals surface area contributed by atoms with Crippen LogP contribution in [-0.2, 0) is 11.2 Å². The van der Waals surface area contributed by atoms with Gasteiger partial charge in [-0.15, -0.1) is 0 Å². The Balaban J connectivity index is 2.48. The van der Waals surface area contributed by atoms with Crippen molar-refractivity contribution in [3.8, 4) is 0 Å². The van der Waals surface area contributed by atoms with E-state index >= 15 is 0 Å².